The molecular formula is C20H25N3O3S. The number of aromatic nitrogens is 2. The molecule has 1 aromatic carbocycles. The molecule has 4 rings (SSSR count). The first-order valence-electron chi connectivity index (χ1n) is 9.45. The van der Waals surface area contributed by atoms with E-state index in [1.54, 1.807) is 6.20 Å². The predicted octanol–water partition coefficient (Wildman–Crippen LogP) is 2.88. The molecule has 2 saturated heterocycles. The van der Waals surface area contributed by atoms with Crippen molar-refractivity contribution in [3.63, 3.8) is 0 Å². The van der Waals surface area contributed by atoms with Crippen molar-refractivity contribution in [3.05, 3.63) is 42.2 Å². The van der Waals surface area contributed by atoms with E-state index in [1.807, 2.05) is 27.8 Å². The lowest BCUT2D eigenvalue weighted by atomic mass is 9.96. The summed E-state index contributed by atoms with van der Waals surface area (Å²) in [7, 11) is 0. The van der Waals surface area contributed by atoms with E-state index in [2.05, 4.69) is 24.0 Å². The third-order valence-electron chi connectivity index (χ3n) is 5.23. The monoisotopic (exact) mass is 387 g/mol. The van der Waals surface area contributed by atoms with E-state index >= 15 is 0 Å². The molecule has 0 bridgehead atoms. The van der Waals surface area contributed by atoms with Crippen LogP contribution in [0.2, 0.25) is 0 Å². The zero-order valence-corrected chi connectivity index (χ0v) is 16.4. The fourth-order valence-electron chi connectivity index (χ4n) is 3.70. The smallest absolute Gasteiger partial charge is 0.233 e. The Balaban J connectivity index is 1.32. The van der Waals surface area contributed by atoms with Gasteiger partial charge in [-0.15, -0.1) is 0 Å². The average Bonchev–Trinajstić information content (AvgIpc) is 3.39. The van der Waals surface area contributed by atoms with Gasteiger partial charge in [-0.2, -0.15) is 0 Å². The number of imidazole rings is 1. The number of carbonyl (C=O) groups excluding carboxylic acids is 1. The molecular weight excluding hydrogens is 362 g/mol. The Kier molecular flexibility index (Phi) is 5.80. The van der Waals surface area contributed by atoms with E-state index in [0.717, 1.165) is 36.8 Å². The molecule has 0 spiro atoms. The van der Waals surface area contributed by atoms with Crippen LogP contribution >= 0.6 is 11.8 Å². The first-order chi connectivity index (χ1) is 13.2. The molecule has 3 heterocycles. The van der Waals surface area contributed by atoms with Crippen molar-refractivity contribution < 1.29 is 14.3 Å². The van der Waals surface area contributed by atoms with E-state index < -0.39 is 0 Å². The number of benzene rings is 1. The Morgan fingerprint density at radius 2 is 1.96 bits per heavy atom. The highest BCUT2D eigenvalue weighted by Crippen LogP contribution is 2.27. The minimum atomic E-state index is -0.0711. The van der Waals surface area contributed by atoms with Crippen LogP contribution in [0, 0.1) is 12.8 Å². The molecule has 144 valence electrons. The topological polar surface area (TPSA) is 56.6 Å². The molecule has 0 radical (unpaired) electrons. The summed E-state index contributed by atoms with van der Waals surface area (Å²) in [5.41, 5.74) is 2.28. The lowest BCUT2D eigenvalue weighted by Gasteiger charge is -2.33. The number of ether oxygens (including phenoxy) is 2. The minimum absolute atomic E-state index is 0.0711. The second kappa shape index (κ2) is 8.46. The van der Waals surface area contributed by atoms with Gasteiger partial charge in [0.15, 0.2) is 11.4 Å². The summed E-state index contributed by atoms with van der Waals surface area (Å²) < 4.78 is 13.3. The summed E-state index contributed by atoms with van der Waals surface area (Å²) in [4.78, 5) is 19.0. The maximum Gasteiger partial charge on any atom is 0.233 e. The zero-order chi connectivity index (χ0) is 18.6. The van der Waals surface area contributed by atoms with Gasteiger partial charge in [-0.3, -0.25) is 9.36 Å². The van der Waals surface area contributed by atoms with E-state index in [-0.39, 0.29) is 12.2 Å². The van der Waals surface area contributed by atoms with Gasteiger partial charge in [0.2, 0.25) is 5.91 Å². The van der Waals surface area contributed by atoms with Gasteiger partial charge in [-0.05, 0) is 31.4 Å². The molecule has 2 aromatic rings. The fourth-order valence-corrected chi connectivity index (χ4v) is 4.57. The highest BCUT2D eigenvalue weighted by Gasteiger charge is 2.31. The lowest BCUT2D eigenvalue weighted by Crippen LogP contribution is -2.42. The van der Waals surface area contributed by atoms with Crippen molar-refractivity contribution in [2.24, 2.45) is 5.92 Å². The highest BCUT2D eigenvalue weighted by atomic mass is 32.2. The van der Waals surface area contributed by atoms with Crippen LogP contribution in [-0.4, -0.2) is 58.7 Å². The van der Waals surface area contributed by atoms with E-state index in [9.17, 15) is 4.79 Å². The molecule has 0 aliphatic carbocycles. The largest absolute Gasteiger partial charge is 0.350 e. The van der Waals surface area contributed by atoms with Gasteiger partial charge in [-0.1, -0.05) is 30.0 Å². The van der Waals surface area contributed by atoms with Gasteiger partial charge < -0.3 is 14.4 Å². The number of carbonyl (C=O) groups is 1. The Bertz CT molecular complexity index is 780. The standard InChI is InChI=1S/C20H25N3O3S/c1-15-4-2-3-5-17(15)23-11-8-21-20(23)27-14-18(24)22-9-6-16(7-10-22)19-25-12-13-26-19/h2-5,8,11,16,19H,6-7,9-10,12-14H2,1H3. The van der Waals surface area contributed by atoms with Crippen molar-refractivity contribution in [3.8, 4) is 5.69 Å². The molecule has 0 N–H and O–H groups in total. The summed E-state index contributed by atoms with van der Waals surface area (Å²) in [6.45, 7) is 5.01. The Hall–Kier alpha value is -1.83. The van der Waals surface area contributed by atoms with Gasteiger partial charge >= 0.3 is 0 Å². The van der Waals surface area contributed by atoms with E-state index in [1.165, 1.54) is 17.3 Å². The molecule has 0 unspecified atom stereocenters. The SMILES string of the molecule is Cc1ccccc1-n1ccnc1SCC(=O)N1CCC(C2OCCO2)CC1. The molecule has 6 nitrogen and oxygen atoms in total. The summed E-state index contributed by atoms with van der Waals surface area (Å²) in [5, 5.41) is 0.847. The van der Waals surface area contributed by atoms with Crippen LogP contribution in [0.25, 0.3) is 5.69 Å². The molecule has 27 heavy (non-hydrogen) atoms. The maximum atomic E-state index is 12.6. The van der Waals surface area contributed by atoms with Crippen molar-refractivity contribution >= 4 is 17.7 Å². The van der Waals surface area contributed by atoms with E-state index in [4.69, 9.17) is 9.47 Å². The summed E-state index contributed by atoms with van der Waals surface area (Å²) in [6, 6.07) is 8.19. The predicted molar refractivity (Wildman–Crippen MR) is 104 cm³/mol. The number of aryl methyl sites for hydroxylation is 1. The zero-order valence-electron chi connectivity index (χ0n) is 15.5. The van der Waals surface area contributed by atoms with Crippen molar-refractivity contribution in [2.45, 2.75) is 31.2 Å². The normalized spacial score (nSPS) is 18.9. The number of hydrogen-bond acceptors (Lipinski definition) is 5. The Labute approximate surface area is 163 Å². The molecule has 2 fully saturated rings. The number of nitrogens with zero attached hydrogens (tertiary/aromatic N) is 3. The Morgan fingerprint density at radius 3 is 2.70 bits per heavy atom. The van der Waals surface area contributed by atoms with Crippen LogP contribution in [0.4, 0.5) is 0 Å². The van der Waals surface area contributed by atoms with Gasteiger partial charge in [0, 0.05) is 31.4 Å². The van der Waals surface area contributed by atoms with Gasteiger partial charge in [0.05, 0.1) is 24.7 Å². The summed E-state index contributed by atoms with van der Waals surface area (Å²) in [5.74, 6) is 0.986. The number of para-hydroxylation sites is 1. The fraction of sp³-hybridized carbons (Fsp3) is 0.500. The second-order valence-corrected chi connectivity index (χ2v) is 7.93. The van der Waals surface area contributed by atoms with Crippen LogP contribution in [-0.2, 0) is 14.3 Å². The average molecular weight is 388 g/mol. The van der Waals surface area contributed by atoms with Gasteiger partial charge in [0.25, 0.3) is 0 Å². The number of thioether (sulfide) groups is 1. The molecule has 0 atom stereocenters. The number of likely N-dealkylation sites (tertiary alicyclic amines) is 1. The van der Waals surface area contributed by atoms with Crippen LogP contribution in [0.3, 0.4) is 0 Å². The van der Waals surface area contributed by atoms with Crippen molar-refractivity contribution in [1.29, 1.82) is 0 Å². The molecule has 1 amide bonds. The van der Waals surface area contributed by atoms with Crippen LogP contribution < -0.4 is 0 Å². The van der Waals surface area contributed by atoms with E-state index in [0.29, 0.717) is 24.9 Å². The van der Waals surface area contributed by atoms with Gasteiger partial charge in [-0.25, -0.2) is 4.98 Å². The number of piperidine rings is 1. The third kappa shape index (κ3) is 4.20. The Morgan fingerprint density at radius 1 is 1.22 bits per heavy atom. The van der Waals surface area contributed by atoms with Crippen molar-refractivity contribution in [1.82, 2.24) is 14.5 Å². The van der Waals surface area contributed by atoms with Gasteiger partial charge in [0.1, 0.15) is 0 Å². The summed E-state index contributed by atoms with van der Waals surface area (Å²) >= 11 is 1.50. The quantitative estimate of drug-likeness (QED) is 0.739. The number of amides is 1. The molecule has 1 aromatic heterocycles. The van der Waals surface area contributed by atoms with Crippen molar-refractivity contribution in [2.75, 3.05) is 32.1 Å². The molecule has 2 aliphatic heterocycles. The summed E-state index contributed by atoms with van der Waals surface area (Å²) in [6.07, 6.45) is 5.55. The third-order valence-corrected chi connectivity index (χ3v) is 6.18. The van der Waals surface area contributed by atoms with Crippen LogP contribution in [0.1, 0.15) is 18.4 Å². The molecule has 7 heteroatoms. The minimum Gasteiger partial charge on any atom is -0.350 e. The number of rotatable bonds is 5. The second-order valence-electron chi connectivity index (χ2n) is 6.98. The first kappa shape index (κ1) is 18.5. The number of hydrogen-bond donors (Lipinski definition) is 0. The molecule has 0 saturated carbocycles. The first-order valence-corrected chi connectivity index (χ1v) is 10.4. The highest BCUT2D eigenvalue weighted by molar-refractivity contribution is 7.99. The van der Waals surface area contributed by atoms with Crippen LogP contribution in [0.5, 0.6) is 0 Å². The van der Waals surface area contributed by atoms with Crippen LogP contribution in [0.15, 0.2) is 41.8 Å². The maximum absolute atomic E-state index is 12.6. The lowest BCUT2D eigenvalue weighted by molar-refractivity contribution is -0.134. The molecule has 2 aliphatic rings.